The molecule has 0 fully saturated rings. The van der Waals surface area contributed by atoms with Crippen LogP contribution in [0.2, 0.25) is 0 Å². The maximum absolute atomic E-state index is 12.2. The van der Waals surface area contributed by atoms with Crippen LogP contribution < -0.4 is 24.5 Å². The maximum atomic E-state index is 12.2. The van der Waals surface area contributed by atoms with Crippen molar-refractivity contribution in [1.82, 2.24) is 24.5 Å². The number of Topliss-reactive ketones (excluding diaryl/α,β-unsaturated/α-hetero) is 1. The van der Waals surface area contributed by atoms with Gasteiger partial charge in [0.25, 0.3) is 5.56 Å². The number of cyclic esters (lactones) is 1. The summed E-state index contributed by atoms with van der Waals surface area (Å²) in [4.78, 5) is 110. The van der Waals surface area contributed by atoms with Crippen LogP contribution in [0.5, 0.6) is 23.5 Å². The third kappa shape index (κ3) is 20.0. The number of hydrogen-bond acceptors (Lipinski definition) is 33. The number of carbonyl (C=O) groups is 7. The molecule has 34 nitrogen and oxygen atoms in total. The molecular formula is C72H103N5O29. The van der Waals surface area contributed by atoms with Crippen molar-refractivity contribution >= 4 is 41.9 Å². The van der Waals surface area contributed by atoms with Gasteiger partial charge in [-0.05, 0) is 137 Å². The number of nitrogens with zero attached hydrogens (tertiary/aromatic N) is 5. The Morgan fingerprint density at radius 3 is 1.01 bits per heavy atom. The van der Waals surface area contributed by atoms with E-state index in [0.717, 1.165) is 0 Å². The van der Waals surface area contributed by atoms with Gasteiger partial charge in [0.05, 0.1) is 133 Å². The van der Waals surface area contributed by atoms with Crippen LogP contribution in [0.25, 0.3) is 0 Å². The fraction of sp³-hybridized carbons (Fsp3) is 0.556. The summed E-state index contributed by atoms with van der Waals surface area (Å²) in [5.74, 6) is -3.22. The fourth-order valence-electron chi connectivity index (χ4n) is 10.7. The van der Waals surface area contributed by atoms with E-state index in [1.165, 1.54) is 155 Å². The highest BCUT2D eigenvalue weighted by atomic mass is 16.6. The summed E-state index contributed by atoms with van der Waals surface area (Å²) in [5.41, 5.74) is -9.10. The van der Waals surface area contributed by atoms with E-state index in [-0.39, 0.29) is 111 Å². The van der Waals surface area contributed by atoms with Crippen LogP contribution in [-0.2, 0) is 116 Å². The van der Waals surface area contributed by atoms with Crippen LogP contribution in [-0.4, -0.2) is 212 Å². The van der Waals surface area contributed by atoms with Gasteiger partial charge in [0.1, 0.15) is 29.0 Å². The first-order valence-electron chi connectivity index (χ1n) is 32.3. The van der Waals surface area contributed by atoms with Crippen molar-refractivity contribution in [2.75, 3.05) is 105 Å². The molecule has 0 saturated carbocycles. The van der Waals surface area contributed by atoms with E-state index in [1.807, 2.05) is 0 Å². The number of aliphatic hydroxyl groups is 8. The summed E-state index contributed by atoms with van der Waals surface area (Å²) in [5, 5.41) is 80.4. The number of aldehydes is 1. The number of esters is 5. The van der Waals surface area contributed by atoms with Crippen molar-refractivity contribution in [2.45, 2.75) is 160 Å². The molecule has 0 saturated heterocycles. The molecule has 0 bridgehead atoms. The SMILES string of the molecule is CC1(O)C(=O)OCc2c1cc1n(c2=O)CCC1=O.COC(=O)c1cc(C(C)(O)C=O)c(C(C)(C)OC)c(OC)n1.COC(=O)c1cc(C(C)(O)CO)c(C(C)(C)OC)c(OC)n1.COC(=O)c1cc(C(C)(O)CO)c(C(C)(C)OC)c(OC)n1.COC(=O)c1cc(C(C)(O)CO)c(C(C)(C)OC)c(OC)n1.[HH]. The molecule has 5 aromatic heterocycles. The highest BCUT2D eigenvalue weighted by molar-refractivity contribution is 5.97. The molecule has 7 heterocycles. The van der Waals surface area contributed by atoms with Crippen molar-refractivity contribution < 1.29 is 137 Å². The minimum Gasteiger partial charge on any atom is -0.481 e. The smallest absolute Gasteiger partial charge is 0.356 e. The minimum atomic E-state index is -1.87. The standard InChI is InChI=1S/3C15H23NO6.C15H21NO6.C12H11NO5.H2/c4*1-14(2,22-6)11-9(15(3,19)8-17)7-10(13(18)21-5)16-12(11)20-4;1-12(17)7-4-8-9(14)2-3-13(8)10(15)6(7)5-18-11(12)16;/h3*7,17,19H,8H2,1-6H3;7-8,19H,1-6H3;4,17H,2-3,5H2,1H3;1H. The van der Waals surface area contributed by atoms with Gasteiger partial charge in [0, 0.05) is 54.0 Å². The normalized spacial score (nSPS) is 16.2. The molecular weight excluding hydrogens is 1400 g/mol. The molecule has 8 N–H and O–H groups in total. The molecule has 0 amide bonds. The number of carbonyl (C=O) groups excluding carboxylic acids is 7. The number of ether oxygens (including phenoxy) is 13. The van der Waals surface area contributed by atoms with Crippen LogP contribution in [0.1, 0.15) is 206 Å². The number of fused-ring (bicyclic) bond motifs is 2. The molecule has 0 aliphatic carbocycles. The molecule has 2 aliphatic rings. The molecule has 0 spiro atoms. The molecule has 5 aromatic rings. The average molecular weight is 1500 g/mol. The lowest BCUT2D eigenvalue weighted by Crippen LogP contribution is -2.42. The quantitative estimate of drug-likeness (QED) is 0.0246. The number of aromatic nitrogens is 5. The van der Waals surface area contributed by atoms with E-state index in [9.17, 15) is 79.2 Å². The van der Waals surface area contributed by atoms with Gasteiger partial charge in [-0.3, -0.25) is 14.4 Å². The number of rotatable bonds is 24. The lowest BCUT2D eigenvalue weighted by molar-refractivity contribution is -0.169. The number of aliphatic hydroxyl groups excluding tert-OH is 3. The van der Waals surface area contributed by atoms with Gasteiger partial charge < -0.3 is 107 Å². The highest BCUT2D eigenvalue weighted by Crippen LogP contribution is 2.44. The van der Waals surface area contributed by atoms with Crippen LogP contribution in [0.15, 0.2) is 35.1 Å². The van der Waals surface area contributed by atoms with Crippen LogP contribution in [0.4, 0.5) is 0 Å². The molecule has 2 aliphatic heterocycles. The molecule has 5 atom stereocenters. The van der Waals surface area contributed by atoms with Crippen molar-refractivity contribution in [1.29, 1.82) is 0 Å². The average Bonchev–Trinajstić information content (AvgIpc) is 1.73. The van der Waals surface area contributed by atoms with Crippen LogP contribution in [0, 0.1) is 0 Å². The largest absolute Gasteiger partial charge is 0.481 e. The summed E-state index contributed by atoms with van der Waals surface area (Å²) < 4.78 is 67.5. The van der Waals surface area contributed by atoms with E-state index in [1.54, 1.807) is 55.4 Å². The monoisotopic (exact) mass is 1500 g/mol. The zero-order valence-electron chi connectivity index (χ0n) is 64.6. The third-order valence-corrected chi connectivity index (χ3v) is 17.7. The molecule has 5 unspecified atom stereocenters. The minimum absolute atomic E-state index is 0. The number of hydrogen-bond donors (Lipinski definition) is 8. The third-order valence-electron chi connectivity index (χ3n) is 17.7. The van der Waals surface area contributed by atoms with E-state index < -0.39 is 100 Å². The Morgan fingerprint density at radius 2 is 0.764 bits per heavy atom. The second kappa shape index (κ2) is 36.0. The van der Waals surface area contributed by atoms with E-state index in [4.69, 9.17) is 42.6 Å². The second-order valence-electron chi connectivity index (χ2n) is 26.8. The number of pyridine rings is 5. The first-order chi connectivity index (χ1) is 49.0. The highest BCUT2D eigenvalue weighted by Gasteiger charge is 2.45. The summed E-state index contributed by atoms with van der Waals surface area (Å²) in [7, 11) is 16.5. The Bertz CT molecular complexity index is 3850. The Labute approximate surface area is 615 Å². The Hall–Kier alpha value is -9.04. The Kier molecular flexibility index (Phi) is 31.0. The molecule has 34 heteroatoms. The van der Waals surface area contributed by atoms with Gasteiger partial charge in [-0.15, -0.1) is 0 Å². The van der Waals surface area contributed by atoms with Crippen molar-refractivity contribution in [3.8, 4) is 23.5 Å². The lowest BCUT2D eigenvalue weighted by Gasteiger charge is -2.32. The zero-order valence-corrected chi connectivity index (χ0v) is 64.6. The number of ketones is 1. The molecule has 0 radical (unpaired) electrons. The summed E-state index contributed by atoms with van der Waals surface area (Å²) >= 11 is 0. The molecule has 590 valence electrons. The van der Waals surface area contributed by atoms with Crippen molar-refractivity contribution in [2.24, 2.45) is 0 Å². The van der Waals surface area contributed by atoms with Crippen LogP contribution in [0.3, 0.4) is 0 Å². The van der Waals surface area contributed by atoms with E-state index in [0.29, 0.717) is 35.1 Å². The predicted molar refractivity (Wildman–Crippen MR) is 375 cm³/mol. The van der Waals surface area contributed by atoms with Gasteiger partial charge in [0.15, 0.2) is 40.4 Å². The van der Waals surface area contributed by atoms with Gasteiger partial charge in [0.2, 0.25) is 23.5 Å². The topological polar surface area (TPSA) is 475 Å². The Balaban J connectivity index is 0.000000454. The second-order valence-corrected chi connectivity index (χ2v) is 26.8. The van der Waals surface area contributed by atoms with Crippen molar-refractivity contribution in [3.05, 3.63) is 125 Å². The number of methoxy groups -OCH3 is 12. The summed E-state index contributed by atoms with van der Waals surface area (Å²) in [6.07, 6.45) is 0.646. The lowest BCUT2D eigenvalue weighted by atomic mass is 9.85. The first-order valence-corrected chi connectivity index (χ1v) is 32.3. The van der Waals surface area contributed by atoms with E-state index >= 15 is 0 Å². The first kappa shape index (κ1) is 91.2. The fourth-order valence-corrected chi connectivity index (χ4v) is 10.7. The van der Waals surface area contributed by atoms with E-state index in [2.05, 4.69) is 38.9 Å². The van der Waals surface area contributed by atoms with Gasteiger partial charge in [-0.25, -0.2) is 43.9 Å². The predicted octanol–water partition coefficient (Wildman–Crippen LogP) is 3.98. The molecule has 0 aromatic carbocycles. The van der Waals surface area contributed by atoms with Gasteiger partial charge >= 0.3 is 29.8 Å². The molecule has 7 rings (SSSR count). The summed E-state index contributed by atoms with van der Waals surface area (Å²) in [6.45, 7) is 19.5. The van der Waals surface area contributed by atoms with Crippen molar-refractivity contribution in [3.63, 3.8) is 0 Å². The maximum Gasteiger partial charge on any atom is 0.356 e. The Morgan fingerprint density at radius 1 is 0.491 bits per heavy atom. The van der Waals surface area contributed by atoms with Gasteiger partial charge in [-0.2, -0.15) is 0 Å². The van der Waals surface area contributed by atoms with Crippen LogP contribution >= 0.6 is 0 Å². The summed E-state index contributed by atoms with van der Waals surface area (Å²) in [6, 6.07) is 6.87. The molecule has 106 heavy (non-hydrogen) atoms. The zero-order chi connectivity index (χ0) is 81.6. The van der Waals surface area contributed by atoms with Gasteiger partial charge in [-0.1, -0.05) is 0 Å².